The number of nitrogens with zero attached hydrogens (tertiary/aromatic N) is 3. The number of carbonyl (C=O) groups excluding carboxylic acids is 2. The normalized spacial score (nSPS) is 9.50. The molecular formula is C7H10N4O3. The maximum Gasteiger partial charge on any atom is 0.329 e. The van der Waals surface area contributed by atoms with E-state index in [1.165, 1.54) is 6.20 Å². The van der Waals surface area contributed by atoms with Crippen LogP contribution in [-0.4, -0.2) is 34.0 Å². The highest BCUT2D eigenvalue weighted by Gasteiger charge is 2.05. The molecule has 0 saturated carbocycles. The van der Waals surface area contributed by atoms with Gasteiger partial charge in [-0.1, -0.05) is 0 Å². The van der Waals surface area contributed by atoms with Gasteiger partial charge < -0.3 is 10.1 Å². The minimum absolute atomic E-state index is 0.0611. The molecule has 1 heterocycles. The molecule has 1 aromatic rings. The van der Waals surface area contributed by atoms with Crippen LogP contribution in [0.3, 0.4) is 0 Å². The summed E-state index contributed by atoms with van der Waals surface area (Å²) in [6, 6.07) is 0. The SMILES string of the molecule is CCOC(=O)Cn1ncc(NC=O)n1. The summed E-state index contributed by atoms with van der Waals surface area (Å²) in [5.41, 5.74) is 0. The van der Waals surface area contributed by atoms with E-state index in [1.807, 2.05) is 0 Å². The lowest BCUT2D eigenvalue weighted by molar-refractivity contribution is -0.144. The Morgan fingerprint density at radius 3 is 3.21 bits per heavy atom. The molecule has 0 aliphatic rings. The van der Waals surface area contributed by atoms with E-state index in [9.17, 15) is 9.59 Å². The van der Waals surface area contributed by atoms with Crippen LogP contribution in [0, 0.1) is 0 Å². The minimum atomic E-state index is -0.416. The number of rotatable bonds is 5. The summed E-state index contributed by atoms with van der Waals surface area (Å²) < 4.78 is 4.69. The Morgan fingerprint density at radius 1 is 1.79 bits per heavy atom. The molecule has 0 spiro atoms. The third-order valence-corrected chi connectivity index (χ3v) is 1.32. The lowest BCUT2D eigenvalue weighted by Crippen LogP contribution is -2.15. The smallest absolute Gasteiger partial charge is 0.329 e. The second-order valence-electron chi connectivity index (χ2n) is 2.33. The van der Waals surface area contributed by atoms with Crippen LogP contribution in [0.5, 0.6) is 0 Å². The van der Waals surface area contributed by atoms with Gasteiger partial charge >= 0.3 is 5.97 Å². The molecular weight excluding hydrogens is 188 g/mol. The Kier molecular flexibility index (Phi) is 3.59. The molecule has 1 N–H and O–H groups in total. The standard InChI is InChI=1S/C7H10N4O3/c1-2-14-7(13)4-11-9-3-6(10-11)8-5-12/h3,5H,2,4H2,1H3,(H,8,10,12). The summed E-state index contributed by atoms with van der Waals surface area (Å²) in [4.78, 5) is 22.1. The topological polar surface area (TPSA) is 86.1 Å². The fraction of sp³-hybridized carbons (Fsp3) is 0.429. The summed E-state index contributed by atoms with van der Waals surface area (Å²) >= 11 is 0. The first-order valence-electron chi connectivity index (χ1n) is 4.02. The van der Waals surface area contributed by atoms with E-state index in [4.69, 9.17) is 0 Å². The van der Waals surface area contributed by atoms with Crippen LogP contribution in [0.2, 0.25) is 0 Å². The summed E-state index contributed by atoms with van der Waals surface area (Å²) in [7, 11) is 0. The molecule has 76 valence electrons. The Balaban J connectivity index is 2.50. The molecule has 0 unspecified atom stereocenters. The van der Waals surface area contributed by atoms with E-state index in [-0.39, 0.29) is 6.54 Å². The van der Waals surface area contributed by atoms with Gasteiger partial charge in [0, 0.05) is 0 Å². The zero-order valence-corrected chi connectivity index (χ0v) is 7.64. The van der Waals surface area contributed by atoms with E-state index in [0.29, 0.717) is 18.8 Å². The number of hydrogen-bond acceptors (Lipinski definition) is 5. The maximum atomic E-state index is 11.0. The number of hydrogen-bond donors (Lipinski definition) is 1. The summed E-state index contributed by atoms with van der Waals surface area (Å²) in [5, 5.41) is 9.83. The first-order chi connectivity index (χ1) is 6.76. The number of ether oxygens (including phenoxy) is 1. The molecule has 1 rings (SSSR count). The van der Waals surface area contributed by atoms with Gasteiger partial charge in [0.1, 0.15) is 0 Å². The second kappa shape index (κ2) is 4.95. The van der Waals surface area contributed by atoms with Crippen LogP contribution in [0.4, 0.5) is 5.82 Å². The third-order valence-electron chi connectivity index (χ3n) is 1.32. The number of esters is 1. The molecule has 0 aliphatic carbocycles. The largest absolute Gasteiger partial charge is 0.465 e. The zero-order chi connectivity index (χ0) is 10.4. The van der Waals surface area contributed by atoms with Crippen LogP contribution in [0.25, 0.3) is 0 Å². The average molecular weight is 198 g/mol. The first-order valence-corrected chi connectivity index (χ1v) is 4.02. The fourth-order valence-corrected chi connectivity index (χ4v) is 0.822. The van der Waals surface area contributed by atoms with Crippen molar-refractivity contribution >= 4 is 18.2 Å². The van der Waals surface area contributed by atoms with E-state index >= 15 is 0 Å². The molecule has 0 bridgehead atoms. The van der Waals surface area contributed by atoms with Crippen molar-refractivity contribution in [3.8, 4) is 0 Å². The predicted octanol–water partition coefficient (Wildman–Crippen LogP) is -0.591. The number of anilines is 1. The van der Waals surface area contributed by atoms with E-state index in [0.717, 1.165) is 4.80 Å². The van der Waals surface area contributed by atoms with Gasteiger partial charge in [0.15, 0.2) is 12.4 Å². The van der Waals surface area contributed by atoms with Gasteiger partial charge in [-0.3, -0.25) is 4.79 Å². The predicted molar refractivity (Wildman–Crippen MR) is 46.3 cm³/mol. The molecule has 7 heteroatoms. The summed E-state index contributed by atoms with van der Waals surface area (Å²) in [5.74, 6) is -0.120. The summed E-state index contributed by atoms with van der Waals surface area (Å²) in [6.07, 6.45) is 1.83. The van der Waals surface area contributed by atoms with Crippen molar-refractivity contribution in [2.24, 2.45) is 0 Å². The quantitative estimate of drug-likeness (QED) is 0.504. The lowest BCUT2D eigenvalue weighted by Gasteiger charge is -1.99. The molecule has 0 fully saturated rings. The van der Waals surface area contributed by atoms with Crippen molar-refractivity contribution in [1.29, 1.82) is 0 Å². The maximum absolute atomic E-state index is 11.0. The van der Waals surface area contributed by atoms with Crippen molar-refractivity contribution in [2.75, 3.05) is 11.9 Å². The lowest BCUT2D eigenvalue weighted by atomic mass is 10.7. The van der Waals surface area contributed by atoms with E-state index in [1.54, 1.807) is 6.92 Å². The number of aromatic nitrogens is 3. The van der Waals surface area contributed by atoms with Gasteiger partial charge in [0.2, 0.25) is 6.41 Å². The van der Waals surface area contributed by atoms with Crippen molar-refractivity contribution in [1.82, 2.24) is 15.0 Å². The van der Waals surface area contributed by atoms with Crippen LogP contribution in [-0.2, 0) is 20.9 Å². The Hall–Kier alpha value is -1.92. The number of carbonyl (C=O) groups is 2. The summed E-state index contributed by atoms with van der Waals surface area (Å²) in [6.45, 7) is 1.97. The minimum Gasteiger partial charge on any atom is -0.465 e. The molecule has 0 aliphatic heterocycles. The van der Waals surface area contributed by atoms with E-state index < -0.39 is 5.97 Å². The molecule has 0 atom stereocenters. The van der Waals surface area contributed by atoms with Crippen LogP contribution < -0.4 is 5.32 Å². The average Bonchev–Trinajstić information content (AvgIpc) is 2.53. The van der Waals surface area contributed by atoms with Crippen molar-refractivity contribution in [3.63, 3.8) is 0 Å². The van der Waals surface area contributed by atoms with Gasteiger partial charge in [-0.2, -0.15) is 9.90 Å². The number of nitrogens with one attached hydrogen (secondary N) is 1. The molecule has 0 radical (unpaired) electrons. The molecule has 1 aromatic heterocycles. The van der Waals surface area contributed by atoms with Crippen molar-refractivity contribution in [3.05, 3.63) is 6.20 Å². The van der Waals surface area contributed by atoms with Crippen molar-refractivity contribution < 1.29 is 14.3 Å². The van der Waals surface area contributed by atoms with Gasteiger partial charge in [0.25, 0.3) is 0 Å². The fourth-order valence-electron chi connectivity index (χ4n) is 0.822. The third kappa shape index (κ3) is 2.85. The van der Waals surface area contributed by atoms with Crippen LogP contribution in [0.15, 0.2) is 6.20 Å². The van der Waals surface area contributed by atoms with Crippen molar-refractivity contribution in [2.45, 2.75) is 13.5 Å². The Labute approximate surface area is 80.0 Å². The Bertz CT molecular complexity index is 322. The highest BCUT2D eigenvalue weighted by atomic mass is 16.5. The molecule has 0 aromatic carbocycles. The molecule has 1 amide bonds. The number of amides is 1. The first kappa shape index (κ1) is 10.2. The highest BCUT2D eigenvalue weighted by molar-refractivity contribution is 5.69. The van der Waals surface area contributed by atoms with Gasteiger partial charge in [-0.25, -0.2) is 4.79 Å². The molecule has 14 heavy (non-hydrogen) atoms. The van der Waals surface area contributed by atoms with Gasteiger partial charge in [0.05, 0.1) is 12.8 Å². The van der Waals surface area contributed by atoms with Crippen LogP contribution >= 0.6 is 0 Å². The molecule has 7 nitrogen and oxygen atoms in total. The second-order valence-corrected chi connectivity index (χ2v) is 2.33. The van der Waals surface area contributed by atoms with Crippen LogP contribution in [0.1, 0.15) is 6.92 Å². The van der Waals surface area contributed by atoms with E-state index in [2.05, 4.69) is 20.3 Å². The van der Waals surface area contributed by atoms with Gasteiger partial charge in [-0.05, 0) is 6.92 Å². The van der Waals surface area contributed by atoms with Gasteiger partial charge in [-0.15, -0.1) is 5.10 Å². The highest BCUT2D eigenvalue weighted by Crippen LogP contribution is 1.96. The zero-order valence-electron chi connectivity index (χ0n) is 7.64. The monoisotopic (exact) mass is 198 g/mol. The Morgan fingerprint density at radius 2 is 2.57 bits per heavy atom. The molecule has 0 saturated heterocycles.